The summed E-state index contributed by atoms with van der Waals surface area (Å²) in [6, 6.07) is 28.1. The molecule has 1 unspecified atom stereocenters. The number of piperazine rings is 1. The van der Waals surface area contributed by atoms with Gasteiger partial charge in [0.1, 0.15) is 11.5 Å². The normalized spacial score (nSPS) is 14.5. The predicted octanol–water partition coefficient (Wildman–Crippen LogP) is 6.04. The van der Waals surface area contributed by atoms with Crippen molar-refractivity contribution < 1.29 is 9.47 Å². The van der Waals surface area contributed by atoms with Crippen LogP contribution in [-0.4, -0.2) is 44.8 Å². The maximum absolute atomic E-state index is 5.73. The average molecular weight is 489 g/mol. The van der Waals surface area contributed by atoms with Gasteiger partial charge in [-0.15, -0.1) is 24.8 Å². The van der Waals surface area contributed by atoms with Crippen molar-refractivity contribution in [2.24, 2.45) is 0 Å². The lowest BCUT2D eigenvalue weighted by atomic mass is 9.96. The molecule has 1 atom stereocenters. The summed E-state index contributed by atoms with van der Waals surface area (Å²) in [6.45, 7) is 6.73. The molecule has 0 radical (unpaired) electrons. The summed E-state index contributed by atoms with van der Waals surface area (Å²) in [5.74, 6) is 1.90. The second kappa shape index (κ2) is 13.3. The zero-order valence-corrected chi connectivity index (χ0v) is 21.0. The van der Waals surface area contributed by atoms with Crippen LogP contribution in [0.2, 0.25) is 0 Å². The van der Waals surface area contributed by atoms with E-state index in [9.17, 15) is 0 Å². The largest absolute Gasteiger partial charge is 0.495 e. The van der Waals surface area contributed by atoms with Gasteiger partial charge < -0.3 is 14.4 Å². The molecule has 3 aromatic rings. The van der Waals surface area contributed by atoms with Crippen LogP contribution in [0.1, 0.15) is 24.1 Å². The molecule has 0 aromatic heterocycles. The molecule has 4 nitrogen and oxygen atoms in total. The molecule has 6 heteroatoms. The average Bonchev–Trinajstić information content (AvgIpc) is 2.84. The van der Waals surface area contributed by atoms with Gasteiger partial charge >= 0.3 is 0 Å². The third-order valence-corrected chi connectivity index (χ3v) is 6.00. The highest BCUT2D eigenvalue weighted by atomic mass is 35.5. The van der Waals surface area contributed by atoms with Crippen molar-refractivity contribution in [2.75, 3.05) is 44.8 Å². The molecule has 0 bridgehead atoms. The number of ether oxygens (including phenoxy) is 2. The number of para-hydroxylation sites is 2. The Morgan fingerprint density at radius 1 is 0.818 bits per heavy atom. The molecular formula is C27H34Cl2N2O2. The van der Waals surface area contributed by atoms with Crippen molar-refractivity contribution in [1.82, 2.24) is 4.90 Å². The van der Waals surface area contributed by atoms with Gasteiger partial charge in [-0.2, -0.15) is 0 Å². The lowest BCUT2D eigenvalue weighted by molar-refractivity contribution is 0.184. The van der Waals surface area contributed by atoms with Crippen molar-refractivity contribution in [3.05, 3.63) is 90.0 Å². The number of nitrogens with zero attached hydrogens (tertiary/aromatic N) is 2. The fraction of sp³-hybridized carbons (Fsp3) is 0.333. The summed E-state index contributed by atoms with van der Waals surface area (Å²) < 4.78 is 11.3. The monoisotopic (exact) mass is 488 g/mol. The van der Waals surface area contributed by atoms with E-state index in [0.717, 1.165) is 44.1 Å². The number of hydrogen-bond donors (Lipinski definition) is 0. The third-order valence-electron chi connectivity index (χ3n) is 6.00. The van der Waals surface area contributed by atoms with Crippen LogP contribution < -0.4 is 14.4 Å². The minimum absolute atomic E-state index is 0. The van der Waals surface area contributed by atoms with Crippen LogP contribution in [0.5, 0.6) is 11.5 Å². The molecule has 0 amide bonds. The summed E-state index contributed by atoms with van der Waals surface area (Å²) in [7, 11) is 1.75. The summed E-state index contributed by atoms with van der Waals surface area (Å²) in [6.07, 6.45) is 0.972. The van der Waals surface area contributed by atoms with E-state index in [4.69, 9.17) is 9.47 Å². The van der Waals surface area contributed by atoms with Crippen LogP contribution in [0.3, 0.4) is 0 Å². The van der Waals surface area contributed by atoms with Gasteiger partial charge in [-0.1, -0.05) is 54.6 Å². The second-order valence-corrected chi connectivity index (χ2v) is 7.91. The molecule has 1 fully saturated rings. The molecule has 3 aromatic carbocycles. The summed E-state index contributed by atoms with van der Waals surface area (Å²) >= 11 is 0. The number of anilines is 1. The van der Waals surface area contributed by atoms with Crippen molar-refractivity contribution in [1.29, 1.82) is 0 Å². The minimum Gasteiger partial charge on any atom is -0.495 e. The van der Waals surface area contributed by atoms with Gasteiger partial charge in [-0.25, -0.2) is 0 Å². The summed E-state index contributed by atoms with van der Waals surface area (Å²) in [4.78, 5) is 5.06. The summed E-state index contributed by atoms with van der Waals surface area (Å²) in [5.41, 5.74) is 3.87. The van der Waals surface area contributed by atoms with Crippen LogP contribution in [0.25, 0.3) is 0 Å². The highest BCUT2D eigenvalue weighted by Gasteiger charge is 2.26. The Labute approximate surface area is 210 Å². The highest BCUT2D eigenvalue weighted by molar-refractivity contribution is 5.85. The SMILES string of the molecule is CCOc1cccc(CC(c2ccccc2)N2CCN(c3ccccc3OC)CC2)c1.Cl.Cl. The van der Waals surface area contributed by atoms with Crippen molar-refractivity contribution >= 4 is 30.5 Å². The first-order valence-corrected chi connectivity index (χ1v) is 11.2. The predicted molar refractivity (Wildman–Crippen MR) is 142 cm³/mol. The van der Waals surface area contributed by atoms with Gasteiger partial charge in [0.2, 0.25) is 0 Å². The van der Waals surface area contributed by atoms with Crippen molar-refractivity contribution in [3.63, 3.8) is 0 Å². The maximum atomic E-state index is 5.73. The van der Waals surface area contributed by atoms with E-state index in [0.29, 0.717) is 12.6 Å². The van der Waals surface area contributed by atoms with Gasteiger partial charge in [-0.05, 0) is 48.7 Å². The number of benzene rings is 3. The third kappa shape index (κ3) is 6.80. The first-order valence-electron chi connectivity index (χ1n) is 11.2. The van der Waals surface area contributed by atoms with Crippen LogP contribution in [-0.2, 0) is 6.42 Å². The van der Waals surface area contributed by atoms with Crippen molar-refractivity contribution in [2.45, 2.75) is 19.4 Å². The minimum atomic E-state index is 0. The number of rotatable bonds is 8. The first-order chi connectivity index (χ1) is 15.3. The smallest absolute Gasteiger partial charge is 0.142 e. The molecule has 1 heterocycles. The molecule has 0 aliphatic carbocycles. The first kappa shape index (κ1) is 26.8. The molecule has 1 saturated heterocycles. The maximum Gasteiger partial charge on any atom is 0.142 e. The van der Waals surface area contributed by atoms with E-state index < -0.39 is 0 Å². The lowest BCUT2D eigenvalue weighted by Crippen LogP contribution is -2.48. The number of halogens is 2. The zero-order chi connectivity index (χ0) is 21.5. The van der Waals surface area contributed by atoms with E-state index >= 15 is 0 Å². The molecule has 0 spiro atoms. The van der Waals surface area contributed by atoms with Gasteiger partial charge in [0.15, 0.2) is 0 Å². The van der Waals surface area contributed by atoms with Gasteiger partial charge in [0.25, 0.3) is 0 Å². The van der Waals surface area contributed by atoms with Crippen LogP contribution >= 0.6 is 24.8 Å². The molecule has 0 saturated carbocycles. The van der Waals surface area contributed by atoms with Gasteiger partial charge in [0.05, 0.1) is 19.4 Å². The Hall–Kier alpha value is -2.40. The van der Waals surface area contributed by atoms with Gasteiger partial charge in [-0.3, -0.25) is 4.90 Å². The number of hydrogen-bond acceptors (Lipinski definition) is 4. The van der Waals surface area contributed by atoms with E-state index in [2.05, 4.69) is 70.5 Å². The van der Waals surface area contributed by atoms with Crippen molar-refractivity contribution in [3.8, 4) is 11.5 Å². The Morgan fingerprint density at radius 3 is 2.21 bits per heavy atom. The number of methoxy groups -OCH3 is 1. The van der Waals surface area contributed by atoms with E-state index in [-0.39, 0.29) is 24.8 Å². The van der Waals surface area contributed by atoms with Crippen LogP contribution in [0.15, 0.2) is 78.9 Å². The van der Waals surface area contributed by atoms with Crippen LogP contribution in [0.4, 0.5) is 5.69 Å². The van der Waals surface area contributed by atoms with E-state index in [1.54, 1.807) is 7.11 Å². The quantitative estimate of drug-likeness (QED) is 0.385. The summed E-state index contributed by atoms with van der Waals surface area (Å²) in [5, 5.41) is 0. The molecule has 0 N–H and O–H groups in total. The second-order valence-electron chi connectivity index (χ2n) is 7.91. The van der Waals surface area contributed by atoms with Gasteiger partial charge in [0, 0.05) is 32.2 Å². The van der Waals surface area contributed by atoms with Crippen LogP contribution in [0, 0.1) is 0 Å². The molecule has 1 aliphatic heterocycles. The Balaban J connectivity index is 0.00000193. The fourth-order valence-corrected chi connectivity index (χ4v) is 4.45. The highest BCUT2D eigenvalue weighted by Crippen LogP contribution is 2.32. The van der Waals surface area contributed by atoms with E-state index in [1.807, 2.05) is 25.1 Å². The topological polar surface area (TPSA) is 24.9 Å². The lowest BCUT2D eigenvalue weighted by Gasteiger charge is -2.41. The molecule has 4 rings (SSSR count). The standard InChI is InChI=1S/C27H32N2O2.2ClH/c1-3-31-24-13-9-10-22(20-24)21-26(23-11-5-4-6-12-23)29-18-16-28(17-19-29)25-14-7-8-15-27(25)30-2;;/h4-15,20,26H,3,16-19,21H2,1-2H3;2*1H. The molecule has 178 valence electrons. The Kier molecular flexibility index (Phi) is 10.9. The molecule has 1 aliphatic rings. The molecule has 33 heavy (non-hydrogen) atoms. The molecular weight excluding hydrogens is 455 g/mol. The van der Waals surface area contributed by atoms with E-state index in [1.165, 1.54) is 16.8 Å². The Bertz CT molecular complexity index is 963. The zero-order valence-electron chi connectivity index (χ0n) is 19.4. The fourth-order valence-electron chi connectivity index (χ4n) is 4.45. The Morgan fingerprint density at radius 2 is 1.52 bits per heavy atom.